The van der Waals surface area contributed by atoms with Gasteiger partial charge in [0.15, 0.2) is 0 Å². The van der Waals surface area contributed by atoms with Crippen LogP contribution in [0.2, 0.25) is 0 Å². The Hall–Kier alpha value is -0.520. The van der Waals surface area contributed by atoms with Crippen molar-refractivity contribution in [1.29, 1.82) is 0 Å². The summed E-state index contributed by atoms with van der Waals surface area (Å²) in [5.74, 6) is 0. The van der Waals surface area contributed by atoms with Crippen molar-refractivity contribution in [1.82, 2.24) is 0 Å². The van der Waals surface area contributed by atoms with Gasteiger partial charge in [-0.1, -0.05) is 69.8 Å². The SMILES string of the molecule is [CH2]C=CCCCCCCCCCCC=CCC. The van der Waals surface area contributed by atoms with Crippen LogP contribution in [-0.4, -0.2) is 0 Å². The summed E-state index contributed by atoms with van der Waals surface area (Å²) >= 11 is 0. The van der Waals surface area contributed by atoms with E-state index in [9.17, 15) is 0 Å². The molecule has 0 aliphatic rings. The van der Waals surface area contributed by atoms with Gasteiger partial charge in [0.2, 0.25) is 0 Å². The molecule has 0 aliphatic carbocycles. The molecule has 0 unspecified atom stereocenters. The topological polar surface area (TPSA) is 0 Å². The minimum Gasteiger partial charge on any atom is -0.0888 e. The second-order valence-corrected chi connectivity index (χ2v) is 4.76. The Bertz CT molecular complexity index is 176. The van der Waals surface area contributed by atoms with Crippen molar-refractivity contribution in [2.75, 3.05) is 0 Å². The van der Waals surface area contributed by atoms with Crippen LogP contribution in [0, 0.1) is 6.92 Å². The van der Waals surface area contributed by atoms with E-state index in [1.54, 1.807) is 0 Å². The van der Waals surface area contributed by atoms with E-state index in [-0.39, 0.29) is 0 Å². The van der Waals surface area contributed by atoms with Gasteiger partial charge in [-0.15, -0.1) is 0 Å². The molecule has 0 atom stereocenters. The van der Waals surface area contributed by atoms with Crippen LogP contribution >= 0.6 is 0 Å². The Kier molecular flexibility index (Phi) is 15.0. The van der Waals surface area contributed by atoms with Crippen molar-refractivity contribution in [3.63, 3.8) is 0 Å². The standard InChI is InChI=1S/C17H31/c1-3-5-7-9-11-13-15-17-16-14-12-10-8-6-4-2/h3,5-6,8H,1,4,7,9-17H2,2H3. The van der Waals surface area contributed by atoms with Crippen LogP contribution in [0.5, 0.6) is 0 Å². The van der Waals surface area contributed by atoms with E-state index in [4.69, 9.17) is 0 Å². The number of allylic oxidation sites excluding steroid dienone is 4. The molecule has 0 saturated carbocycles. The van der Waals surface area contributed by atoms with Crippen LogP contribution in [0.1, 0.15) is 77.6 Å². The second kappa shape index (κ2) is 15.5. The van der Waals surface area contributed by atoms with E-state index in [0.29, 0.717) is 0 Å². The van der Waals surface area contributed by atoms with Crippen LogP contribution in [0.4, 0.5) is 0 Å². The largest absolute Gasteiger partial charge is 0.0888 e. The highest BCUT2D eigenvalue weighted by molar-refractivity contribution is 4.83. The van der Waals surface area contributed by atoms with Gasteiger partial charge < -0.3 is 0 Å². The summed E-state index contributed by atoms with van der Waals surface area (Å²) in [6.45, 7) is 5.89. The van der Waals surface area contributed by atoms with E-state index in [1.807, 2.05) is 6.08 Å². The lowest BCUT2D eigenvalue weighted by atomic mass is 10.1. The zero-order valence-electron chi connectivity index (χ0n) is 11.8. The first-order valence-electron chi connectivity index (χ1n) is 7.51. The normalized spacial score (nSPS) is 11.9. The molecular formula is C17H31. The molecule has 0 saturated heterocycles. The summed E-state index contributed by atoms with van der Waals surface area (Å²) in [7, 11) is 0. The van der Waals surface area contributed by atoms with Gasteiger partial charge in [0.05, 0.1) is 0 Å². The van der Waals surface area contributed by atoms with Gasteiger partial charge in [-0.3, -0.25) is 0 Å². The van der Waals surface area contributed by atoms with Gasteiger partial charge in [-0.05, 0) is 39.0 Å². The monoisotopic (exact) mass is 235 g/mol. The average molecular weight is 235 g/mol. The molecular weight excluding hydrogens is 204 g/mol. The van der Waals surface area contributed by atoms with Gasteiger partial charge in [0.25, 0.3) is 0 Å². The lowest BCUT2D eigenvalue weighted by molar-refractivity contribution is 0.571. The van der Waals surface area contributed by atoms with Crippen molar-refractivity contribution in [3.8, 4) is 0 Å². The first-order chi connectivity index (χ1) is 8.41. The fourth-order valence-corrected chi connectivity index (χ4v) is 1.99. The maximum Gasteiger partial charge on any atom is -0.0316 e. The van der Waals surface area contributed by atoms with Gasteiger partial charge in [-0.25, -0.2) is 0 Å². The Balaban J connectivity index is 2.96. The fraction of sp³-hybridized carbons (Fsp3) is 0.706. The van der Waals surface area contributed by atoms with E-state index < -0.39 is 0 Å². The van der Waals surface area contributed by atoms with Gasteiger partial charge in [0.1, 0.15) is 0 Å². The Morgan fingerprint density at radius 1 is 0.647 bits per heavy atom. The van der Waals surface area contributed by atoms with Crippen molar-refractivity contribution in [3.05, 3.63) is 31.2 Å². The summed E-state index contributed by atoms with van der Waals surface area (Å²) in [6, 6.07) is 0. The summed E-state index contributed by atoms with van der Waals surface area (Å²) in [5.41, 5.74) is 0. The number of hydrogen-bond donors (Lipinski definition) is 0. The van der Waals surface area contributed by atoms with Crippen LogP contribution in [-0.2, 0) is 0 Å². The molecule has 0 spiro atoms. The molecule has 1 radical (unpaired) electrons. The summed E-state index contributed by atoms with van der Waals surface area (Å²) in [5, 5.41) is 0. The Labute approximate surface area is 109 Å². The van der Waals surface area contributed by atoms with Crippen molar-refractivity contribution in [2.45, 2.75) is 77.6 Å². The zero-order valence-corrected chi connectivity index (χ0v) is 11.8. The van der Waals surface area contributed by atoms with Crippen molar-refractivity contribution >= 4 is 0 Å². The highest BCUT2D eigenvalue weighted by Crippen LogP contribution is 2.11. The molecule has 0 aromatic carbocycles. The molecule has 0 N–H and O–H groups in total. The first kappa shape index (κ1) is 16.5. The molecule has 99 valence electrons. The van der Waals surface area contributed by atoms with E-state index in [0.717, 1.165) is 0 Å². The van der Waals surface area contributed by atoms with Crippen molar-refractivity contribution < 1.29 is 0 Å². The van der Waals surface area contributed by atoms with Crippen molar-refractivity contribution in [2.24, 2.45) is 0 Å². The predicted molar refractivity (Wildman–Crippen MR) is 80.1 cm³/mol. The second-order valence-electron chi connectivity index (χ2n) is 4.76. The quantitative estimate of drug-likeness (QED) is 0.277. The van der Waals surface area contributed by atoms with Gasteiger partial charge >= 0.3 is 0 Å². The summed E-state index contributed by atoms with van der Waals surface area (Å²) in [6.07, 6.45) is 23.6. The minimum absolute atomic E-state index is 1.18. The highest BCUT2D eigenvalue weighted by atomic mass is 14.0. The molecule has 0 rings (SSSR count). The van der Waals surface area contributed by atoms with Gasteiger partial charge in [0, 0.05) is 0 Å². The molecule has 0 heterocycles. The molecule has 0 nitrogen and oxygen atoms in total. The molecule has 17 heavy (non-hydrogen) atoms. The lowest BCUT2D eigenvalue weighted by Gasteiger charge is -2.00. The fourth-order valence-electron chi connectivity index (χ4n) is 1.99. The van der Waals surface area contributed by atoms with Crippen LogP contribution < -0.4 is 0 Å². The predicted octanol–water partition coefficient (Wildman–Crippen LogP) is 6.24. The summed E-state index contributed by atoms with van der Waals surface area (Å²) < 4.78 is 0. The number of hydrogen-bond acceptors (Lipinski definition) is 0. The minimum atomic E-state index is 1.18. The average Bonchev–Trinajstić information content (AvgIpc) is 2.35. The van der Waals surface area contributed by atoms with Crippen LogP contribution in [0.25, 0.3) is 0 Å². The summed E-state index contributed by atoms with van der Waals surface area (Å²) in [4.78, 5) is 0. The van der Waals surface area contributed by atoms with E-state index >= 15 is 0 Å². The molecule has 0 aromatic rings. The van der Waals surface area contributed by atoms with E-state index in [2.05, 4.69) is 32.1 Å². The zero-order chi connectivity index (χ0) is 12.6. The molecule has 0 heteroatoms. The number of unbranched alkanes of at least 4 members (excludes halogenated alkanes) is 9. The first-order valence-corrected chi connectivity index (χ1v) is 7.51. The third-order valence-corrected chi connectivity index (χ3v) is 3.06. The number of rotatable bonds is 12. The molecule has 0 bridgehead atoms. The van der Waals surface area contributed by atoms with Gasteiger partial charge in [-0.2, -0.15) is 0 Å². The molecule has 0 amide bonds. The molecule has 0 fully saturated rings. The third kappa shape index (κ3) is 15.5. The maximum atomic E-state index is 3.69. The Morgan fingerprint density at radius 3 is 1.59 bits per heavy atom. The Morgan fingerprint density at radius 2 is 1.12 bits per heavy atom. The highest BCUT2D eigenvalue weighted by Gasteiger charge is 1.91. The third-order valence-electron chi connectivity index (χ3n) is 3.06. The maximum absolute atomic E-state index is 3.69. The van der Waals surface area contributed by atoms with Crippen LogP contribution in [0.3, 0.4) is 0 Å². The molecule has 0 aromatic heterocycles. The smallest absolute Gasteiger partial charge is 0.0316 e. The van der Waals surface area contributed by atoms with Crippen LogP contribution in [0.15, 0.2) is 24.3 Å². The molecule has 0 aliphatic heterocycles. The van der Waals surface area contributed by atoms with E-state index in [1.165, 1.54) is 70.6 Å². The lowest BCUT2D eigenvalue weighted by Crippen LogP contribution is -1.81.